The van der Waals surface area contributed by atoms with Gasteiger partial charge in [-0.3, -0.25) is 29.4 Å². The van der Waals surface area contributed by atoms with Crippen LogP contribution < -0.4 is 5.32 Å². The summed E-state index contributed by atoms with van der Waals surface area (Å²) in [6.45, 7) is 1.87. The predicted octanol–water partition coefficient (Wildman–Crippen LogP) is 4.04. The molecular formula is C28H27N5O3. The zero-order valence-electron chi connectivity index (χ0n) is 20.0. The van der Waals surface area contributed by atoms with Crippen LogP contribution in [0.5, 0.6) is 0 Å². The van der Waals surface area contributed by atoms with Crippen molar-refractivity contribution in [2.24, 2.45) is 0 Å². The van der Waals surface area contributed by atoms with Gasteiger partial charge in [0.1, 0.15) is 0 Å². The van der Waals surface area contributed by atoms with Crippen molar-refractivity contribution < 1.29 is 14.3 Å². The molecule has 1 amide bonds. The van der Waals surface area contributed by atoms with Gasteiger partial charge in [-0.25, -0.2) is 0 Å². The van der Waals surface area contributed by atoms with Crippen molar-refractivity contribution in [3.05, 3.63) is 120 Å². The van der Waals surface area contributed by atoms with Crippen molar-refractivity contribution in [3.8, 4) is 0 Å². The van der Waals surface area contributed by atoms with Crippen LogP contribution in [0.3, 0.4) is 0 Å². The molecule has 0 unspecified atom stereocenters. The van der Waals surface area contributed by atoms with Gasteiger partial charge < -0.3 is 10.1 Å². The molecule has 0 aliphatic heterocycles. The molecule has 182 valence electrons. The summed E-state index contributed by atoms with van der Waals surface area (Å²) in [6.07, 6.45) is 5.34. The van der Waals surface area contributed by atoms with Crippen molar-refractivity contribution >= 4 is 17.6 Å². The fourth-order valence-electron chi connectivity index (χ4n) is 3.64. The van der Waals surface area contributed by atoms with Gasteiger partial charge in [-0.2, -0.15) is 0 Å². The van der Waals surface area contributed by atoms with Crippen LogP contribution in [-0.2, 0) is 35.6 Å². The lowest BCUT2D eigenvalue weighted by atomic mass is 10.1. The Morgan fingerprint density at radius 3 is 1.89 bits per heavy atom. The highest BCUT2D eigenvalue weighted by Crippen LogP contribution is 2.14. The highest BCUT2D eigenvalue weighted by atomic mass is 16.5. The summed E-state index contributed by atoms with van der Waals surface area (Å²) in [5.74, 6) is -0.565. The Bertz CT molecular complexity index is 1220. The first kappa shape index (κ1) is 24.7. The first-order valence-corrected chi connectivity index (χ1v) is 11.5. The first-order chi connectivity index (χ1) is 17.6. The van der Waals surface area contributed by atoms with Gasteiger partial charge in [0.2, 0.25) is 0 Å². The normalized spacial score (nSPS) is 10.7. The largest absolute Gasteiger partial charge is 0.469 e. The SMILES string of the molecule is COC(=O)Cc1ccc(NC(=O)c2ccc(CN(Cc3ccccn3)Cc3ccccn3)nc2)cc1. The summed E-state index contributed by atoms with van der Waals surface area (Å²) in [4.78, 5) is 39.7. The standard InChI is InChI=1S/C28H27N5O3/c1-36-27(34)16-21-8-11-23(12-9-21)32-28(35)22-10-13-26(31-17-22)20-33(18-24-6-2-4-14-29-24)19-25-7-3-5-15-30-25/h2-15,17H,16,18-20H2,1H3,(H,32,35). The van der Waals surface area contributed by atoms with Gasteiger partial charge in [0, 0.05) is 43.9 Å². The summed E-state index contributed by atoms with van der Waals surface area (Å²) >= 11 is 0. The summed E-state index contributed by atoms with van der Waals surface area (Å²) < 4.78 is 4.67. The second-order valence-corrected chi connectivity index (χ2v) is 8.23. The van der Waals surface area contributed by atoms with Crippen LogP contribution in [-0.4, -0.2) is 38.8 Å². The molecule has 0 fully saturated rings. The van der Waals surface area contributed by atoms with E-state index in [4.69, 9.17) is 0 Å². The van der Waals surface area contributed by atoms with Gasteiger partial charge in [-0.15, -0.1) is 0 Å². The van der Waals surface area contributed by atoms with E-state index in [1.807, 2.05) is 42.5 Å². The molecule has 36 heavy (non-hydrogen) atoms. The molecule has 0 saturated heterocycles. The van der Waals surface area contributed by atoms with Crippen molar-refractivity contribution in [2.45, 2.75) is 26.1 Å². The summed E-state index contributed by atoms with van der Waals surface area (Å²) in [5.41, 5.74) is 4.66. The van der Waals surface area contributed by atoms with Crippen LogP contribution in [0.1, 0.15) is 33.0 Å². The van der Waals surface area contributed by atoms with Crippen LogP contribution in [0.15, 0.2) is 91.4 Å². The Morgan fingerprint density at radius 2 is 1.39 bits per heavy atom. The average Bonchev–Trinajstić information content (AvgIpc) is 2.91. The minimum absolute atomic E-state index is 0.188. The van der Waals surface area contributed by atoms with Gasteiger partial charge >= 0.3 is 5.97 Å². The smallest absolute Gasteiger partial charge is 0.309 e. The lowest BCUT2D eigenvalue weighted by Crippen LogP contribution is -2.24. The third-order valence-electron chi connectivity index (χ3n) is 5.48. The van der Waals surface area contributed by atoms with E-state index in [-0.39, 0.29) is 18.3 Å². The fraction of sp³-hybridized carbons (Fsp3) is 0.179. The van der Waals surface area contributed by atoms with Crippen LogP contribution >= 0.6 is 0 Å². The third-order valence-corrected chi connectivity index (χ3v) is 5.48. The topological polar surface area (TPSA) is 97.3 Å². The number of anilines is 1. The third kappa shape index (κ3) is 7.28. The molecule has 3 aromatic heterocycles. The van der Waals surface area contributed by atoms with Crippen molar-refractivity contribution in [3.63, 3.8) is 0 Å². The summed E-state index contributed by atoms with van der Waals surface area (Å²) in [6, 6.07) is 22.4. The minimum atomic E-state index is -0.309. The molecule has 0 aliphatic carbocycles. The van der Waals surface area contributed by atoms with Gasteiger partial charge in [-0.05, 0) is 54.1 Å². The number of hydrogen-bond donors (Lipinski definition) is 1. The van der Waals surface area contributed by atoms with Crippen LogP contribution in [0.4, 0.5) is 5.69 Å². The minimum Gasteiger partial charge on any atom is -0.469 e. The van der Waals surface area contributed by atoms with Crippen LogP contribution in [0.2, 0.25) is 0 Å². The molecule has 0 bridgehead atoms. The molecule has 8 heteroatoms. The molecule has 4 rings (SSSR count). The number of benzene rings is 1. The maximum Gasteiger partial charge on any atom is 0.309 e. The number of aromatic nitrogens is 3. The second kappa shape index (κ2) is 12.3. The molecule has 1 N–H and O–H groups in total. The Kier molecular flexibility index (Phi) is 8.45. The molecule has 1 aromatic carbocycles. The molecule has 0 atom stereocenters. The van der Waals surface area contributed by atoms with Crippen molar-refractivity contribution in [2.75, 3.05) is 12.4 Å². The Labute approximate surface area is 210 Å². The number of carbonyl (C=O) groups is 2. The number of carbonyl (C=O) groups excluding carboxylic acids is 2. The average molecular weight is 482 g/mol. The van der Waals surface area contributed by atoms with E-state index in [0.29, 0.717) is 30.9 Å². The molecule has 8 nitrogen and oxygen atoms in total. The monoisotopic (exact) mass is 481 g/mol. The summed E-state index contributed by atoms with van der Waals surface area (Å²) in [7, 11) is 1.36. The van der Waals surface area contributed by atoms with Gasteiger partial charge in [0.25, 0.3) is 5.91 Å². The maximum absolute atomic E-state index is 12.7. The molecule has 0 spiro atoms. The Morgan fingerprint density at radius 1 is 0.778 bits per heavy atom. The van der Waals surface area contributed by atoms with E-state index in [0.717, 1.165) is 22.6 Å². The molecule has 0 saturated carbocycles. The van der Waals surface area contributed by atoms with Gasteiger partial charge in [0.15, 0.2) is 0 Å². The molecular weight excluding hydrogens is 454 g/mol. The van der Waals surface area contributed by atoms with E-state index in [1.54, 1.807) is 48.9 Å². The number of esters is 1. The molecule has 3 heterocycles. The maximum atomic E-state index is 12.7. The number of nitrogens with zero attached hydrogens (tertiary/aromatic N) is 4. The molecule has 4 aromatic rings. The lowest BCUT2D eigenvalue weighted by Gasteiger charge is -2.21. The zero-order valence-corrected chi connectivity index (χ0v) is 20.0. The van der Waals surface area contributed by atoms with Crippen molar-refractivity contribution in [1.29, 1.82) is 0 Å². The van der Waals surface area contributed by atoms with E-state index in [1.165, 1.54) is 7.11 Å². The second-order valence-electron chi connectivity index (χ2n) is 8.23. The van der Waals surface area contributed by atoms with E-state index < -0.39 is 0 Å². The van der Waals surface area contributed by atoms with E-state index in [9.17, 15) is 9.59 Å². The highest BCUT2D eigenvalue weighted by Gasteiger charge is 2.12. The van der Waals surface area contributed by atoms with Gasteiger partial charge in [0.05, 0.1) is 36.2 Å². The highest BCUT2D eigenvalue weighted by molar-refractivity contribution is 6.04. The van der Waals surface area contributed by atoms with Crippen LogP contribution in [0, 0.1) is 0 Å². The Hall–Kier alpha value is -4.43. The number of amides is 1. The van der Waals surface area contributed by atoms with E-state index >= 15 is 0 Å². The predicted molar refractivity (Wildman–Crippen MR) is 136 cm³/mol. The number of rotatable bonds is 10. The quantitative estimate of drug-likeness (QED) is 0.341. The number of pyridine rings is 3. The molecule has 0 radical (unpaired) electrons. The zero-order chi connectivity index (χ0) is 25.2. The lowest BCUT2D eigenvalue weighted by molar-refractivity contribution is -0.139. The van der Waals surface area contributed by atoms with Gasteiger partial charge in [-0.1, -0.05) is 24.3 Å². The summed E-state index contributed by atoms with van der Waals surface area (Å²) in [5, 5.41) is 2.86. The number of nitrogens with one attached hydrogen (secondary N) is 1. The number of methoxy groups -OCH3 is 1. The molecule has 0 aliphatic rings. The first-order valence-electron chi connectivity index (χ1n) is 11.5. The number of ether oxygens (including phenoxy) is 1. The van der Waals surface area contributed by atoms with Crippen molar-refractivity contribution in [1.82, 2.24) is 19.9 Å². The number of hydrogen-bond acceptors (Lipinski definition) is 7. The fourth-order valence-corrected chi connectivity index (χ4v) is 3.64. The van der Waals surface area contributed by atoms with Crippen LogP contribution in [0.25, 0.3) is 0 Å². The Balaban J connectivity index is 1.39. The van der Waals surface area contributed by atoms with E-state index in [2.05, 4.69) is 29.9 Å².